The molecule has 22 heavy (non-hydrogen) atoms. The molecule has 0 aromatic heterocycles. The van der Waals surface area contributed by atoms with E-state index in [1.807, 2.05) is 12.1 Å². The highest BCUT2D eigenvalue weighted by atomic mass is 16.6. The Kier molecular flexibility index (Phi) is 3.92. The Morgan fingerprint density at radius 1 is 1.32 bits per heavy atom. The lowest BCUT2D eigenvalue weighted by Gasteiger charge is -2.52. The van der Waals surface area contributed by atoms with Gasteiger partial charge in [-0.2, -0.15) is 5.26 Å². The van der Waals surface area contributed by atoms with Gasteiger partial charge in [0.1, 0.15) is 5.60 Å². The monoisotopic (exact) mass is 302 g/mol. The maximum atomic E-state index is 12.1. The van der Waals surface area contributed by atoms with E-state index in [4.69, 9.17) is 10.00 Å². The highest BCUT2D eigenvalue weighted by Crippen LogP contribution is 2.48. The molecule has 1 aliphatic rings. The Balaban J connectivity index is 2.22. The molecule has 2 rings (SSSR count). The summed E-state index contributed by atoms with van der Waals surface area (Å²) in [4.78, 5) is 12.1. The van der Waals surface area contributed by atoms with Gasteiger partial charge in [0.25, 0.3) is 0 Å². The summed E-state index contributed by atoms with van der Waals surface area (Å²) in [7, 11) is 0. The lowest BCUT2D eigenvalue weighted by atomic mass is 9.62. The van der Waals surface area contributed by atoms with E-state index in [0.29, 0.717) is 18.4 Å². The number of nitriles is 1. The first-order valence-electron chi connectivity index (χ1n) is 7.30. The molecule has 1 aromatic rings. The van der Waals surface area contributed by atoms with E-state index in [1.165, 1.54) is 0 Å². The number of rotatable bonds is 2. The molecule has 1 fully saturated rings. The largest absolute Gasteiger partial charge is 0.444 e. The number of aliphatic hydroxyl groups is 1. The Bertz CT molecular complexity index is 598. The van der Waals surface area contributed by atoms with Gasteiger partial charge in [0.05, 0.1) is 22.8 Å². The Labute approximate surface area is 130 Å². The van der Waals surface area contributed by atoms with E-state index in [0.717, 1.165) is 5.56 Å². The predicted octanol–water partition coefficient (Wildman–Crippen LogP) is 2.82. The van der Waals surface area contributed by atoms with Crippen molar-refractivity contribution in [2.45, 2.75) is 57.3 Å². The van der Waals surface area contributed by atoms with Gasteiger partial charge < -0.3 is 15.2 Å². The molecule has 0 saturated heterocycles. The van der Waals surface area contributed by atoms with Gasteiger partial charge in [-0.15, -0.1) is 0 Å². The number of carbonyl (C=O) groups excluding carboxylic acids is 1. The van der Waals surface area contributed by atoms with Crippen molar-refractivity contribution in [1.29, 1.82) is 5.26 Å². The maximum Gasteiger partial charge on any atom is 0.408 e. The van der Waals surface area contributed by atoms with Crippen LogP contribution in [0.25, 0.3) is 0 Å². The number of nitrogens with one attached hydrogen (secondary N) is 1. The third-order valence-electron chi connectivity index (χ3n) is 3.67. The van der Waals surface area contributed by atoms with Crippen LogP contribution in [-0.4, -0.2) is 22.4 Å². The minimum atomic E-state index is -0.817. The fourth-order valence-corrected chi connectivity index (χ4v) is 2.98. The van der Waals surface area contributed by atoms with Crippen LogP contribution in [0.2, 0.25) is 0 Å². The minimum Gasteiger partial charge on any atom is -0.444 e. The third kappa shape index (κ3) is 3.58. The van der Waals surface area contributed by atoms with Gasteiger partial charge in [-0.05, 0) is 45.4 Å². The number of amides is 1. The van der Waals surface area contributed by atoms with Crippen molar-refractivity contribution < 1.29 is 14.6 Å². The van der Waals surface area contributed by atoms with Crippen LogP contribution in [0.3, 0.4) is 0 Å². The molecule has 5 nitrogen and oxygen atoms in total. The van der Waals surface area contributed by atoms with Crippen LogP contribution >= 0.6 is 0 Å². The molecule has 1 amide bonds. The Morgan fingerprint density at radius 3 is 2.27 bits per heavy atom. The fourth-order valence-electron chi connectivity index (χ4n) is 2.98. The van der Waals surface area contributed by atoms with Gasteiger partial charge in [-0.3, -0.25) is 0 Å². The minimum absolute atomic E-state index is 0.408. The van der Waals surface area contributed by atoms with E-state index in [9.17, 15) is 9.90 Å². The Morgan fingerprint density at radius 2 is 1.86 bits per heavy atom. The summed E-state index contributed by atoms with van der Waals surface area (Å²) >= 11 is 0. The van der Waals surface area contributed by atoms with Crippen LogP contribution in [0.4, 0.5) is 4.79 Å². The van der Waals surface area contributed by atoms with Crippen molar-refractivity contribution in [3.8, 4) is 6.07 Å². The molecule has 0 spiro atoms. The lowest BCUT2D eigenvalue weighted by Crippen LogP contribution is -2.62. The summed E-state index contributed by atoms with van der Waals surface area (Å²) in [5.41, 5.74) is -0.628. The van der Waals surface area contributed by atoms with Crippen molar-refractivity contribution in [3.05, 3.63) is 35.4 Å². The van der Waals surface area contributed by atoms with E-state index in [2.05, 4.69) is 11.4 Å². The highest BCUT2D eigenvalue weighted by molar-refractivity contribution is 5.69. The summed E-state index contributed by atoms with van der Waals surface area (Å²) < 4.78 is 5.32. The SMILES string of the molecule is CC1(O)CC(NC(=O)OC(C)(C)C)(c2ccc(C#N)cc2)C1. The van der Waals surface area contributed by atoms with Gasteiger partial charge in [-0.1, -0.05) is 12.1 Å². The first-order chi connectivity index (χ1) is 10.1. The molecular weight excluding hydrogens is 280 g/mol. The van der Waals surface area contributed by atoms with Crippen molar-refractivity contribution in [2.75, 3.05) is 0 Å². The molecule has 118 valence electrons. The van der Waals surface area contributed by atoms with E-state index < -0.39 is 22.8 Å². The van der Waals surface area contributed by atoms with E-state index in [1.54, 1.807) is 39.8 Å². The molecule has 1 aliphatic carbocycles. The molecule has 0 radical (unpaired) electrons. The van der Waals surface area contributed by atoms with Crippen LogP contribution < -0.4 is 5.32 Å². The van der Waals surface area contributed by atoms with Gasteiger partial charge in [-0.25, -0.2) is 4.79 Å². The van der Waals surface area contributed by atoms with Gasteiger partial charge in [0, 0.05) is 12.8 Å². The second-order valence-corrected chi connectivity index (χ2v) is 7.25. The van der Waals surface area contributed by atoms with E-state index >= 15 is 0 Å². The highest BCUT2D eigenvalue weighted by Gasteiger charge is 2.53. The van der Waals surface area contributed by atoms with Crippen molar-refractivity contribution in [2.24, 2.45) is 0 Å². The third-order valence-corrected chi connectivity index (χ3v) is 3.67. The summed E-state index contributed by atoms with van der Waals surface area (Å²) in [6.07, 6.45) is 0.309. The van der Waals surface area contributed by atoms with Crippen molar-refractivity contribution in [1.82, 2.24) is 5.32 Å². The second kappa shape index (κ2) is 5.29. The molecule has 5 heteroatoms. The predicted molar refractivity (Wildman–Crippen MR) is 82.1 cm³/mol. The number of hydrogen-bond acceptors (Lipinski definition) is 4. The number of carbonyl (C=O) groups is 1. The molecule has 2 N–H and O–H groups in total. The van der Waals surface area contributed by atoms with Crippen LogP contribution in [0.1, 0.15) is 51.7 Å². The van der Waals surface area contributed by atoms with Crippen LogP contribution in [0.15, 0.2) is 24.3 Å². The summed E-state index contributed by atoms with van der Waals surface area (Å²) in [6.45, 7) is 7.15. The van der Waals surface area contributed by atoms with Crippen molar-refractivity contribution >= 4 is 6.09 Å². The van der Waals surface area contributed by atoms with Crippen LogP contribution in [0, 0.1) is 11.3 Å². The Hall–Kier alpha value is -2.06. The quantitative estimate of drug-likeness (QED) is 0.880. The van der Waals surface area contributed by atoms with E-state index in [-0.39, 0.29) is 0 Å². The second-order valence-electron chi connectivity index (χ2n) is 7.25. The smallest absolute Gasteiger partial charge is 0.408 e. The topological polar surface area (TPSA) is 82.3 Å². The number of ether oxygens (including phenoxy) is 1. The normalized spacial score (nSPS) is 27.5. The van der Waals surface area contributed by atoms with Crippen molar-refractivity contribution in [3.63, 3.8) is 0 Å². The average molecular weight is 302 g/mol. The average Bonchev–Trinajstić information content (AvgIpc) is 2.34. The zero-order chi connectivity index (χ0) is 16.6. The van der Waals surface area contributed by atoms with Crippen LogP contribution in [0.5, 0.6) is 0 Å². The first-order valence-corrected chi connectivity index (χ1v) is 7.30. The number of alkyl carbamates (subject to hydrolysis) is 1. The standard InChI is InChI=1S/C17H22N2O3/c1-15(2,3)22-14(20)19-17(10-16(4,21)11-17)13-7-5-12(9-18)6-8-13/h5-8,21H,10-11H2,1-4H3,(H,19,20). The maximum absolute atomic E-state index is 12.1. The lowest BCUT2D eigenvalue weighted by molar-refractivity contribution is -0.0892. The molecule has 0 atom stereocenters. The molecule has 0 heterocycles. The molecule has 1 saturated carbocycles. The molecule has 0 bridgehead atoms. The molecule has 1 aromatic carbocycles. The van der Waals surface area contributed by atoms with Gasteiger partial charge in [0.15, 0.2) is 0 Å². The van der Waals surface area contributed by atoms with Crippen LogP contribution in [-0.2, 0) is 10.3 Å². The zero-order valence-corrected chi connectivity index (χ0v) is 13.4. The van der Waals surface area contributed by atoms with Gasteiger partial charge in [0.2, 0.25) is 0 Å². The first kappa shape index (κ1) is 16.3. The molecule has 0 unspecified atom stereocenters. The molecular formula is C17H22N2O3. The number of benzene rings is 1. The summed E-state index contributed by atoms with van der Waals surface area (Å²) in [6, 6.07) is 9.11. The molecule has 0 aliphatic heterocycles. The number of nitrogens with zero attached hydrogens (tertiary/aromatic N) is 1. The van der Waals surface area contributed by atoms with Gasteiger partial charge >= 0.3 is 6.09 Å². The fraction of sp³-hybridized carbons (Fsp3) is 0.529. The number of hydrogen-bond donors (Lipinski definition) is 2. The zero-order valence-electron chi connectivity index (χ0n) is 13.4. The summed E-state index contributed by atoms with van der Waals surface area (Å²) in [5.74, 6) is 0. The summed E-state index contributed by atoms with van der Waals surface area (Å²) in [5, 5.41) is 21.9.